The minimum Gasteiger partial charge on any atom is -0.337 e. The van der Waals surface area contributed by atoms with E-state index in [4.69, 9.17) is 5.73 Å². The van der Waals surface area contributed by atoms with Gasteiger partial charge in [0, 0.05) is 31.7 Å². The summed E-state index contributed by atoms with van der Waals surface area (Å²) in [6.45, 7) is 2.08. The Labute approximate surface area is 141 Å². The predicted octanol–water partition coefficient (Wildman–Crippen LogP) is 1.67. The van der Waals surface area contributed by atoms with Crippen molar-refractivity contribution < 1.29 is 9.59 Å². The van der Waals surface area contributed by atoms with Crippen LogP contribution in [-0.4, -0.2) is 47.8 Å². The summed E-state index contributed by atoms with van der Waals surface area (Å²) >= 11 is 0. The number of carbonyl (C=O) groups is 2. The molecule has 0 aliphatic carbocycles. The lowest BCUT2D eigenvalue weighted by Crippen LogP contribution is -2.52. The first-order valence-electron chi connectivity index (χ1n) is 8.10. The van der Waals surface area contributed by atoms with E-state index >= 15 is 0 Å². The predicted molar refractivity (Wildman–Crippen MR) is 92.3 cm³/mol. The number of benzene rings is 2. The smallest absolute Gasteiger partial charge is 0.253 e. The molecular formula is C19H21N3O2. The Morgan fingerprint density at radius 2 is 1.29 bits per heavy atom. The van der Waals surface area contributed by atoms with E-state index in [2.05, 4.69) is 0 Å². The molecule has 1 atom stereocenters. The highest BCUT2D eigenvalue weighted by Crippen LogP contribution is 2.15. The third-order valence-corrected chi connectivity index (χ3v) is 4.32. The van der Waals surface area contributed by atoms with E-state index in [0.29, 0.717) is 31.7 Å². The van der Waals surface area contributed by atoms with Crippen molar-refractivity contribution in [3.05, 3.63) is 71.8 Å². The van der Waals surface area contributed by atoms with Gasteiger partial charge in [0.15, 0.2) is 0 Å². The first kappa shape index (κ1) is 16.2. The van der Waals surface area contributed by atoms with Crippen LogP contribution in [0.15, 0.2) is 60.7 Å². The number of nitrogens with two attached hydrogens (primary N) is 1. The van der Waals surface area contributed by atoms with Crippen LogP contribution in [0.2, 0.25) is 0 Å². The summed E-state index contributed by atoms with van der Waals surface area (Å²) in [5.74, 6) is -0.0805. The van der Waals surface area contributed by atoms with Crippen molar-refractivity contribution in [3.8, 4) is 0 Å². The highest BCUT2D eigenvalue weighted by atomic mass is 16.2. The maximum absolute atomic E-state index is 12.5. The van der Waals surface area contributed by atoms with Gasteiger partial charge in [-0.05, 0) is 17.7 Å². The monoisotopic (exact) mass is 323 g/mol. The fourth-order valence-corrected chi connectivity index (χ4v) is 2.89. The number of rotatable bonds is 3. The standard InChI is InChI=1S/C19H21N3O2/c20-17(15-7-3-1-4-8-15)19(24)22-13-11-21(12-14-22)18(23)16-9-5-2-6-10-16/h1-10,17H,11-14,20H2. The molecule has 1 fully saturated rings. The zero-order valence-electron chi connectivity index (χ0n) is 13.5. The molecule has 124 valence electrons. The van der Waals surface area contributed by atoms with Crippen LogP contribution in [0.25, 0.3) is 0 Å². The second-order valence-corrected chi connectivity index (χ2v) is 5.87. The topological polar surface area (TPSA) is 66.6 Å². The molecule has 1 aliphatic rings. The molecule has 0 spiro atoms. The summed E-state index contributed by atoms with van der Waals surface area (Å²) in [5, 5.41) is 0. The zero-order valence-corrected chi connectivity index (χ0v) is 13.5. The molecule has 2 aromatic rings. The number of hydrogen-bond acceptors (Lipinski definition) is 3. The maximum atomic E-state index is 12.5. The van der Waals surface area contributed by atoms with E-state index in [0.717, 1.165) is 5.56 Å². The Morgan fingerprint density at radius 1 is 0.792 bits per heavy atom. The molecule has 1 aliphatic heterocycles. The van der Waals surface area contributed by atoms with Crippen molar-refractivity contribution >= 4 is 11.8 Å². The number of piperazine rings is 1. The van der Waals surface area contributed by atoms with Gasteiger partial charge in [-0.2, -0.15) is 0 Å². The fraction of sp³-hybridized carbons (Fsp3) is 0.263. The van der Waals surface area contributed by atoms with Gasteiger partial charge in [-0.1, -0.05) is 48.5 Å². The van der Waals surface area contributed by atoms with Crippen LogP contribution in [0.5, 0.6) is 0 Å². The Morgan fingerprint density at radius 3 is 1.88 bits per heavy atom. The van der Waals surface area contributed by atoms with Crippen molar-refractivity contribution in [2.75, 3.05) is 26.2 Å². The van der Waals surface area contributed by atoms with Crippen LogP contribution in [0.1, 0.15) is 22.0 Å². The van der Waals surface area contributed by atoms with Crippen LogP contribution in [-0.2, 0) is 4.79 Å². The molecule has 24 heavy (non-hydrogen) atoms. The second kappa shape index (κ2) is 7.27. The lowest BCUT2D eigenvalue weighted by molar-refractivity contribution is -0.134. The van der Waals surface area contributed by atoms with Crippen molar-refractivity contribution in [1.82, 2.24) is 9.80 Å². The molecule has 5 nitrogen and oxygen atoms in total. The summed E-state index contributed by atoms with van der Waals surface area (Å²) in [4.78, 5) is 28.5. The van der Waals surface area contributed by atoms with Crippen LogP contribution in [0.4, 0.5) is 0 Å². The maximum Gasteiger partial charge on any atom is 0.253 e. The van der Waals surface area contributed by atoms with Crippen LogP contribution in [0.3, 0.4) is 0 Å². The largest absolute Gasteiger partial charge is 0.337 e. The third kappa shape index (κ3) is 3.46. The van der Waals surface area contributed by atoms with Crippen LogP contribution < -0.4 is 5.73 Å². The summed E-state index contributed by atoms with van der Waals surface area (Å²) in [6, 6.07) is 17.9. The van der Waals surface area contributed by atoms with Gasteiger partial charge in [0.05, 0.1) is 0 Å². The third-order valence-electron chi connectivity index (χ3n) is 4.32. The van der Waals surface area contributed by atoms with Gasteiger partial charge in [0.25, 0.3) is 5.91 Å². The molecule has 0 radical (unpaired) electrons. The summed E-state index contributed by atoms with van der Waals surface area (Å²) in [6.07, 6.45) is 0. The molecule has 0 aromatic heterocycles. The molecule has 0 saturated carbocycles. The van der Waals surface area contributed by atoms with Gasteiger partial charge in [0.2, 0.25) is 5.91 Å². The van der Waals surface area contributed by atoms with E-state index in [-0.39, 0.29) is 11.8 Å². The summed E-state index contributed by atoms with van der Waals surface area (Å²) < 4.78 is 0. The van der Waals surface area contributed by atoms with E-state index < -0.39 is 6.04 Å². The zero-order chi connectivity index (χ0) is 16.9. The quantitative estimate of drug-likeness (QED) is 0.934. The number of amides is 2. The highest BCUT2D eigenvalue weighted by Gasteiger charge is 2.28. The minimum absolute atomic E-state index is 0.00931. The normalized spacial score (nSPS) is 15.9. The Bertz CT molecular complexity index is 695. The Balaban J connectivity index is 1.59. The first-order valence-corrected chi connectivity index (χ1v) is 8.10. The van der Waals surface area contributed by atoms with E-state index in [1.807, 2.05) is 60.7 Å². The van der Waals surface area contributed by atoms with Crippen molar-refractivity contribution in [1.29, 1.82) is 0 Å². The molecule has 2 aromatic carbocycles. The molecule has 3 rings (SSSR count). The van der Waals surface area contributed by atoms with Gasteiger partial charge in [-0.25, -0.2) is 0 Å². The molecule has 2 amide bonds. The molecule has 1 unspecified atom stereocenters. The number of carbonyl (C=O) groups excluding carboxylic acids is 2. The first-order chi connectivity index (χ1) is 11.7. The second-order valence-electron chi connectivity index (χ2n) is 5.87. The van der Waals surface area contributed by atoms with Crippen LogP contribution >= 0.6 is 0 Å². The Kier molecular flexibility index (Phi) is 4.91. The molecule has 1 saturated heterocycles. The summed E-state index contributed by atoms with van der Waals surface area (Å²) in [7, 11) is 0. The van der Waals surface area contributed by atoms with E-state index in [9.17, 15) is 9.59 Å². The van der Waals surface area contributed by atoms with E-state index in [1.165, 1.54) is 0 Å². The molecule has 2 N–H and O–H groups in total. The molecular weight excluding hydrogens is 302 g/mol. The highest BCUT2D eigenvalue weighted by molar-refractivity contribution is 5.94. The fourth-order valence-electron chi connectivity index (χ4n) is 2.89. The van der Waals surface area contributed by atoms with Crippen molar-refractivity contribution in [3.63, 3.8) is 0 Å². The van der Waals surface area contributed by atoms with Gasteiger partial charge < -0.3 is 15.5 Å². The minimum atomic E-state index is -0.650. The molecule has 0 bridgehead atoms. The lowest BCUT2D eigenvalue weighted by Gasteiger charge is -2.36. The van der Waals surface area contributed by atoms with E-state index in [1.54, 1.807) is 9.80 Å². The van der Waals surface area contributed by atoms with Crippen LogP contribution in [0, 0.1) is 0 Å². The summed E-state index contributed by atoms with van der Waals surface area (Å²) in [5.41, 5.74) is 7.57. The average molecular weight is 323 g/mol. The van der Waals surface area contributed by atoms with Gasteiger partial charge in [0.1, 0.15) is 6.04 Å². The van der Waals surface area contributed by atoms with Gasteiger partial charge in [-0.15, -0.1) is 0 Å². The SMILES string of the molecule is NC(C(=O)N1CCN(C(=O)c2ccccc2)CC1)c1ccccc1. The number of hydrogen-bond donors (Lipinski definition) is 1. The van der Waals surface area contributed by atoms with Crippen molar-refractivity contribution in [2.45, 2.75) is 6.04 Å². The molecule has 5 heteroatoms. The molecule has 1 heterocycles. The van der Waals surface area contributed by atoms with Crippen molar-refractivity contribution in [2.24, 2.45) is 5.73 Å². The Hall–Kier alpha value is -2.66. The average Bonchev–Trinajstić information content (AvgIpc) is 2.68. The number of nitrogens with zero attached hydrogens (tertiary/aromatic N) is 2. The van der Waals surface area contributed by atoms with Gasteiger partial charge in [-0.3, -0.25) is 9.59 Å². The lowest BCUT2D eigenvalue weighted by atomic mass is 10.1. The van der Waals surface area contributed by atoms with Gasteiger partial charge >= 0.3 is 0 Å².